The van der Waals surface area contributed by atoms with E-state index in [-0.39, 0.29) is 5.75 Å². The van der Waals surface area contributed by atoms with E-state index >= 15 is 0 Å². The van der Waals surface area contributed by atoms with E-state index in [1.54, 1.807) is 12.1 Å². The van der Waals surface area contributed by atoms with Crippen LogP contribution < -0.4 is 0 Å². The summed E-state index contributed by atoms with van der Waals surface area (Å²) in [6.45, 7) is 2.78. The van der Waals surface area contributed by atoms with E-state index in [1.807, 2.05) is 27.1 Å². The van der Waals surface area contributed by atoms with E-state index in [2.05, 4.69) is 15.0 Å². The second-order valence-electron chi connectivity index (χ2n) is 4.59. The molecule has 0 unspecified atom stereocenters. The Balaban J connectivity index is 2.18. The first kappa shape index (κ1) is 12.6. The van der Waals surface area contributed by atoms with E-state index in [4.69, 9.17) is 4.52 Å². The molecule has 0 fully saturated rings. The summed E-state index contributed by atoms with van der Waals surface area (Å²) in [4.78, 5) is 6.33. The highest BCUT2D eigenvalue weighted by molar-refractivity contribution is 5.62. The molecule has 0 bridgehead atoms. The molecule has 2 aromatic rings. The van der Waals surface area contributed by atoms with Gasteiger partial charge in [-0.3, -0.25) is 0 Å². The lowest BCUT2D eigenvalue weighted by Crippen LogP contribution is -2.15. The molecule has 0 atom stereocenters. The van der Waals surface area contributed by atoms with Gasteiger partial charge in [0, 0.05) is 13.0 Å². The Kier molecular flexibility index (Phi) is 3.62. The van der Waals surface area contributed by atoms with Crippen LogP contribution in [-0.4, -0.2) is 40.8 Å². The summed E-state index contributed by atoms with van der Waals surface area (Å²) in [5, 5.41) is 13.7. The number of aryl methyl sites for hydroxylation is 1. The summed E-state index contributed by atoms with van der Waals surface area (Å²) in [5.74, 6) is 1.18. The van der Waals surface area contributed by atoms with Crippen molar-refractivity contribution in [3.05, 3.63) is 29.6 Å². The molecule has 96 valence electrons. The van der Waals surface area contributed by atoms with E-state index in [9.17, 15) is 5.11 Å². The minimum atomic E-state index is 0.165. The van der Waals surface area contributed by atoms with Gasteiger partial charge in [0.15, 0.2) is 5.82 Å². The van der Waals surface area contributed by atoms with E-state index < -0.39 is 0 Å². The lowest BCUT2D eigenvalue weighted by Gasteiger charge is -2.05. The average molecular weight is 247 g/mol. The van der Waals surface area contributed by atoms with Crippen molar-refractivity contribution in [2.75, 3.05) is 20.6 Å². The van der Waals surface area contributed by atoms with Gasteiger partial charge in [-0.2, -0.15) is 4.98 Å². The Hall–Kier alpha value is -1.88. The monoisotopic (exact) mass is 247 g/mol. The summed E-state index contributed by atoms with van der Waals surface area (Å²) in [6, 6.07) is 5.37. The Morgan fingerprint density at radius 2 is 2.11 bits per heavy atom. The average Bonchev–Trinajstić information content (AvgIpc) is 2.75. The van der Waals surface area contributed by atoms with Gasteiger partial charge in [-0.25, -0.2) is 0 Å². The minimum Gasteiger partial charge on any atom is -0.507 e. The van der Waals surface area contributed by atoms with Crippen LogP contribution >= 0.6 is 0 Å². The summed E-state index contributed by atoms with van der Waals surface area (Å²) in [5.41, 5.74) is 1.56. The van der Waals surface area contributed by atoms with Crippen LogP contribution in [0, 0.1) is 6.92 Å². The molecule has 0 saturated heterocycles. The van der Waals surface area contributed by atoms with Crippen LogP contribution in [0.25, 0.3) is 11.5 Å². The van der Waals surface area contributed by atoms with Crippen molar-refractivity contribution < 1.29 is 9.63 Å². The van der Waals surface area contributed by atoms with Crippen molar-refractivity contribution in [2.24, 2.45) is 0 Å². The van der Waals surface area contributed by atoms with Gasteiger partial charge in [0.1, 0.15) is 5.75 Å². The molecule has 1 heterocycles. The van der Waals surface area contributed by atoms with Gasteiger partial charge in [0.2, 0.25) is 0 Å². The molecule has 18 heavy (non-hydrogen) atoms. The topological polar surface area (TPSA) is 62.4 Å². The zero-order chi connectivity index (χ0) is 13.1. The molecule has 0 spiro atoms. The van der Waals surface area contributed by atoms with Crippen LogP contribution in [0.4, 0.5) is 0 Å². The van der Waals surface area contributed by atoms with Crippen molar-refractivity contribution >= 4 is 0 Å². The van der Waals surface area contributed by atoms with Crippen molar-refractivity contribution in [1.29, 1.82) is 0 Å². The molecular weight excluding hydrogens is 230 g/mol. The van der Waals surface area contributed by atoms with Gasteiger partial charge in [-0.05, 0) is 38.7 Å². The number of hydrogen-bond acceptors (Lipinski definition) is 5. The largest absolute Gasteiger partial charge is 0.507 e. The van der Waals surface area contributed by atoms with E-state index in [1.165, 1.54) is 0 Å². The highest BCUT2D eigenvalue weighted by atomic mass is 16.5. The third kappa shape index (κ3) is 2.87. The number of aromatic hydroxyl groups is 1. The van der Waals surface area contributed by atoms with Crippen molar-refractivity contribution in [1.82, 2.24) is 15.0 Å². The molecule has 5 heteroatoms. The predicted octanol–water partition coefficient (Wildman–Crippen LogP) is 1.85. The Morgan fingerprint density at radius 1 is 1.33 bits per heavy atom. The third-order valence-corrected chi connectivity index (χ3v) is 2.63. The Morgan fingerprint density at radius 3 is 2.78 bits per heavy atom. The third-order valence-electron chi connectivity index (χ3n) is 2.63. The van der Waals surface area contributed by atoms with Gasteiger partial charge in [0.25, 0.3) is 5.89 Å². The molecule has 1 N–H and O–H groups in total. The molecular formula is C13H17N3O2. The molecule has 2 rings (SSSR count). The first-order chi connectivity index (χ1) is 8.56. The maximum absolute atomic E-state index is 9.84. The van der Waals surface area contributed by atoms with Crippen LogP contribution in [0.1, 0.15) is 11.4 Å². The summed E-state index contributed by atoms with van der Waals surface area (Å²) in [7, 11) is 3.99. The fourth-order valence-corrected chi connectivity index (χ4v) is 1.61. The molecule has 0 radical (unpaired) electrons. The SMILES string of the molecule is Cc1ccc(-c2nc(CCN(C)C)no2)c(O)c1. The molecule has 1 aromatic carbocycles. The number of phenols is 1. The number of aromatic nitrogens is 2. The first-order valence-electron chi connectivity index (χ1n) is 5.83. The van der Waals surface area contributed by atoms with Crippen molar-refractivity contribution in [3.8, 4) is 17.2 Å². The number of phenolic OH excluding ortho intramolecular Hbond substituents is 1. The lowest BCUT2D eigenvalue weighted by atomic mass is 10.1. The fourth-order valence-electron chi connectivity index (χ4n) is 1.61. The predicted molar refractivity (Wildman–Crippen MR) is 68.4 cm³/mol. The standard InChI is InChI=1S/C13H17N3O2/c1-9-4-5-10(11(17)8-9)13-14-12(15-18-13)6-7-16(2)3/h4-5,8,17H,6-7H2,1-3H3. The van der Waals surface area contributed by atoms with E-state index in [0.29, 0.717) is 17.3 Å². The second-order valence-corrected chi connectivity index (χ2v) is 4.59. The second kappa shape index (κ2) is 5.18. The molecule has 0 saturated carbocycles. The smallest absolute Gasteiger partial charge is 0.261 e. The molecule has 0 amide bonds. The van der Waals surface area contributed by atoms with Gasteiger partial charge < -0.3 is 14.5 Å². The van der Waals surface area contributed by atoms with Gasteiger partial charge in [-0.1, -0.05) is 11.2 Å². The van der Waals surface area contributed by atoms with Gasteiger partial charge in [-0.15, -0.1) is 0 Å². The molecule has 1 aromatic heterocycles. The summed E-state index contributed by atoms with van der Waals surface area (Å²) < 4.78 is 5.16. The van der Waals surface area contributed by atoms with Crippen molar-refractivity contribution in [2.45, 2.75) is 13.3 Å². The number of hydrogen-bond donors (Lipinski definition) is 1. The first-order valence-corrected chi connectivity index (χ1v) is 5.83. The summed E-state index contributed by atoms with van der Waals surface area (Å²) in [6.07, 6.45) is 0.725. The Labute approximate surface area is 106 Å². The number of rotatable bonds is 4. The highest BCUT2D eigenvalue weighted by Crippen LogP contribution is 2.28. The molecule has 0 aliphatic carbocycles. The van der Waals surface area contributed by atoms with Gasteiger partial charge >= 0.3 is 0 Å². The maximum Gasteiger partial charge on any atom is 0.261 e. The molecule has 0 aliphatic rings. The highest BCUT2D eigenvalue weighted by Gasteiger charge is 2.12. The normalized spacial score (nSPS) is 11.1. The maximum atomic E-state index is 9.84. The lowest BCUT2D eigenvalue weighted by molar-refractivity contribution is 0.391. The zero-order valence-electron chi connectivity index (χ0n) is 10.8. The zero-order valence-corrected chi connectivity index (χ0v) is 10.8. The summed E-state index contributed by atoms with van der Waals surface area (Å²) >= 11 is 0. The van der Waals surface area contributed by atoms with Gasteiger partial charge in [0.05, 0.1) is 5.56 Å². The van der Waals surface area contributed by atoms with Crippen LogP contribution in [0.5, 0.6) is 5.75 Å². The quantitative estimate of drug-likeness (QED) is 0.893. The molecule has 5 nitrogen and oxygen atoms in total. The number of likely N-dealkylation sites (N-methyl/N-ethyl adjacent to an activating group) is 1. The fraction of sp³-hybridized carbons (Fsp3) is 0.385. The molecule has 0 aliphatic heterocycles. The minimum absolute atomic E-state index is 0.165. The van der Waals surface area contributed by atoms with E-state index in [0.717, 1.165) is 18.5 Å². The van der Waals surface area contributed by atoms with Crippen LogP contribution in [0.3, 0.4) is 0 Å². The van der Waals surface area contributed by atoms with Crippen LogP contribution in [-0.2, 0) is 6.42 Å². The number of nitrogens with zero attached hydrogens (tertiary/aromatic N) is 3. The Bertz CT molecular complexity index is 535. The number of benzene rings is 1. The van der Waals surface area contributed by atoms with Crippen molar-refractivity contribution in [3.63, 3.8) is 0 Å². The van der Waals surface area contributed by atoms with Crippen LogP contribution in [0.15, 0.2) is 22.7 Å². The van der Waals surface area contributed by atoms with Crippen LogP contribution in [0.2, 0.25) is 0 Å².